The van der Waals surface area contributed by atoms with E-state index in [9.17, 15) is 24.6 Å². The molecule has 5 N–H and O–H groups in total. The van der Waals surface area contributed by atoms with Crippen LogP contribution in [-0.4, -0.2) is 127 Å². The number of ether oxygens (including phenoxy) is 3. The quantitative estimate of drug-likeness (QED) is 0.160. The smallest absolute Gasteiger partial charge is 0.308 e. The highest BCUT2D eigenvalue weighted by Gasteiger charge is 2.46. The van der Waals surface area contributed by atoms with Gasteiger partial charge in [0.15, 0.2) is 12.1 Å². The van der Waals surface area contributed by atoms with Crippen LogP contribution in [0.1, 0.15) is 107 Å². The largest absolute Gasteiger partial charge is 0.462 e. The van der Waals surface area contributed by atoms with Crippen LogP contribution in [0.25, 0.3) is 0 Å². The van der Waals surface area contributed by atoms with E-state index in [1.807, 2.05) is 65.8 Å². The summed E-state index contributed by atoms with van der Waals surface area (Å²) in [5.74, 6) is -0.946. The summed E-state index contributed by atoms with van der Waals surface area (Å²) in [6, 6.07) is -0.609. The molecule has 322 valence electrons. The molecule has 12 heteroatoms. The van der Waals surface area contributed by atoms with Crippen LogP contribution in [-0.2, 0) is 28.6 Å². The molecule has 0 aromatic heterocycles. The van der Waals surface area contributed by atoms with Gasteiger partial charge in [-0.05, 0) is 96.8 Å². The lowest BCUT2D eigenvalue weighted by Gasteiger charge is -2.47. The van der Waals surface area contributed by atoms with Gasteiger partial charge in [0, 0.05) is 62.3 Å². The molecule has 1 amide bonds. The predicted octanol–water partition coefficient (Wildman–Crippen LogP) is 4.71. The molecule has 12 nitrogen and oxygen atoms in total. The van der Waals surface area contributed by atoms with Crippen LogP contribution in [0, 0.1) is 41.4 Å². The second-order valence-corrected chi connectivity index (χ2v) is 18.1. The number of allylic oxidation sites excluding steroid dienone is 3. The second kappa shape index (κ2) is 22.8. The Morgan fingerprint density at radius 1 is 1.05 bits per heavy atom. The molecule has 0 saturated carbocycles. The van der Waals surface area contributed by atoms with Crippen molar-refractivity contribution in [1.82, 2.24) is 15.1 Å². The summed E-state index contributed by atoms with van der Waals surface area (Å²) in [5.41, 5.74) is 7.58. The third kappa shape index (κ3) is 14.3. The molecular weight excluding hydrogens is 713 g/mol. The molecule has 15 atom stereocenters. The van der Waals surface area contributed by atoms with E-state index in [1.54, 1.807) is 6.08 Å². The van der Waals surface area contributed by atoms with E-state index >= 15 is 0 Å². The molecular formula is C44H78N4O8. The normalized spacial score (nSPS) is 39.4. The Bertz CT molecular complexity index is 1300. The lowest BCUT2D eigenvalue weighted by molar-refractivity contribution is -0.295. The van der Waals surface area contributed by atoms with Crippen LogP contribution < -0.4 is 11.1 Å². The second-order valence-electron chi connectivity index (χ2n) is 18.1. The molecule has 3 heterocycles. The number of likely N-dealkylation sites (N-methyl/N-ethyl adjacent to an activating group) is 1. The number of piperidine rings is 1. The number of esters is 1. The van der Waals surface area contributed by atoms with Crippen LogP contribution in [0.3, 0.4) is 0 Å². The zero-order chi connectivity index (χ0) is 41.9. The highest BCUT2D eigenvalue weighted by Crippen LogP contribution is 2.36. The lowest BCUT2D eigenvalue weighted by Crippen LogP contribution is -2.60. The van der Waals surface area contributed by atoms with Gasteiger partial charge in [-0.15, -0.1) is 0 Å². The fourth-order valence-corrected chi connectivity index (χ4v) is 9.45. The minimum Gasteiger partial charge on any atom is -0.462 e. The number of nitrogens with zero attached hydrogens (tertiary/aromatic N) is 2. The summed E-state index contributed by atoms with van der Waals surface area (Å²) in [6.07, 6.45) is 4.80. The summed E-state index contributed by atoms with van der Waals surface area (Å²) in [4.78, 5) is 43.5. The van der Waals surface area contributed by atoms with Crippen LogP contribution in [0.15, 0.2) is 23.8 Å². The fraction of sp³-hybridized carbons (Fsp3) is 0.841. The molecule has 3 rings (SSSR count). The number of rotatable bonds is 12. The average molecular weight is 791 g/mol. The minimum absolute atomic E-state index is 0.0132. The van der Waals surface area contributed by atoms with Crippen molar-refractivity contribution in [3.05, 3.63) is 23.8 Å². The Morgan fingerprint density at radius 2 is 1.71 bits per heavy atom. The zero-order valence-corrected chi connectivity index (χ0v) is 36.5. The maximum atomic E-state index is 13.9. The Labute approximate surface area is 338 Å². The molecule has 56 heavy (non-hydrogen) atoms. The number of ketones is 1. The molecule has 0 radical (unpaired) electrons. The molecule has 0 spiro atoms. The number of hydrogen-bond acceptors (Lipinski definition) is 11. The van der Waals surface area contributed by atoms with E-state index < -0.39 is 42.6 Å². The van der Waals surface area contributed by atoms with Gasteiger partial charge < -0.3 is 45.3 Å². The van der Waals surface area contributed by atoms with Gasteiger partial charge in [0.25, 0.3) is 0 Å². The molecule has 3 aliphatic heterocycles. The summed E-state index contributed by atoms with van der Waals surface area (Å²) < 4.78 is 19.4. The molecule has 7 unspecified atom stereocenters. The van der Waals surface area contributed by atoms with Crippen LogP contribution >= 0.6 is 0 Å². The van der Waals surface area contributed by atoms with E-state index in [-0.39, 0.29) is 60.0 Å². The lowest BCUT2D eigenvalue weighted by atomic mass is 9.79. The van der Waals surface area contributed by atoms with E-state index in [2.05, 4.69) is 31.0 Å². The zero-order valence-electron chi connectivity index (χ0n) is 36.5. The number of amides is 1. The Kier molecular flexibility index (Phi) is 19.6. The highest BCUT2D eigenvalue weighted by molar-refractivity contribution is 5.91. The van der Waals surface area contributed by atoms with Crippen molar-refractivity contribution in [2.45, 2.75) is 156 Å². The van der Waals surface area contributed by atoms with Crippen molar-refractivity contribution in [2.75, 3.05) is 40.3 Å². The predicted molar refractivity (Wildman–Crippen MR) is 220 cm³/mol. The molecule has 3 aliphatic rings. The first-order chi connectivity index (χ1) is 26.3. The Hall–Kier alpha value is -2.19. The van der Waals surface area contributed by atoms with Crippen molar-refractivity contribution < 1.29 is 38.8 Å². The number of carbonyl (C=O) groups is 3. The van der Waals surface area contributed by atoms with E-state index in [1.165, 1.54) is 13.3 Å². The van der Waals surface area contributed by atoms with Gasteiger partial charge in [-0.2, -0.15) is 0 Å². The molecule has 0 aromatic rings. The molecule has 0 aromatic carbocycles. The van der Waals surface area contributed by atoms with Crippen LogP contribution in [0.5, 0.6) is 0 Å². The maximum Gasteiger partial charge on any atom is 0.308 e. The SMILES string of the molecule is CCC1OC(=O)C[C@@H](O)[C@H](C)[C@@H](OC2OC(C)C(C)C(N(C)C)C2O)[C@@H](CCN2C[C@H](C)C[C@H](C)C2)C[C@@H](C)C(=O)/C=C/C(C)=C/[C@@H]1C(N)CCCNC(C)=O. The summed E-state index contributed by atoms with van der Waals surface area (Å²) in [7, 11) is 3.88. The van der Waals surface area contributed by atoms with Gasteiger partial charge in [-0.1, -0.05) is 59.3 Å². The molecule has 2 fully saturated rings. The standard InChI is InChI=1S/C44H78N4O8/c1-12-39-35(36(45)14-13-18-46-33(9)49)21-26(2)15-16-37(50)29(5)22-34(17-19-48-24-27(3)20-28(4)25-48)43(31(7)38(51)23-40(52)55-39)56-44-42(53)41(47(10)11)30(6)32(8)54-44/h15-16,21,27-32,34-36,38-39,41-44,51,53H,12-14,17-20,22-25,45H2,1-11H3,(H,46,49)/b16-15+,26-21+/t27-,28+,29-,30?,31+,32?,34+,35-,36?,38-,39?,41?,42?,43-,44?/m1/s1. The molecule has 0 bridgehead atoms. The fourth-order valence-electron chi connectivity index (χ4n) is 9.45. The average Bonchev–Trinajstić information content (AvgIpc) is 3.11. The monoisotopic (exact) mass is 791 g/mol. The van der Waals surface area contributed by atoms with Crippen molar-refractivity contribution in [1.29, 1.82) is 0 Å². The maximum absolute atomic E-state index is 13.9. The number of nitrogens with one attached hydrogen (secondary N) is 1. The molecule has 0 aliphatic carbocycles. The van der Waals surface area contributed by atoms with Crippen molar-refractivity contribution in [2.24, 2.45) is 47.2 Å². The van der Waals surface area contributed by atoms with Gasteiger partial charge in [0.2, 0.25) is 5.91 Å². The summed E-state index contributed by atoms with van der Waals surface area (Å²) in [6.45, 7) is 21.1. The van der Waals surface area contributed by atoms with E-state index in [0.717, 1.165) is 25.2 Å². The van der Waals surface area contributed by atoms with Crippen molar-refractivity contribution in [3.63, 3.8) is 0 Å². The first-order valence-corrected chi connectivity index (χ1v) is 21.5. The summed E-state index contributed by atoms with van der Waals surface area (Å²) in [5, 5.41) is 26.4. The number of carbonyl (C=O) groups excluding carboxylic acids is 3. The number of aliphatic hydroxyl groups is 2. The van der Waals surface area contributed by atoms with Gasteiger partial charge in [0.05, 0.1) is 24.7 Å². The number of nitrogens with two attached hydrogens (primary N) is 1. The first kappa shape index (κ1) is 48.2. The highest BCUT2D eigenvalue weighted by atomic mass is 16.7. The van der Waals surface area contributed by atoms with Gasteiger partial charge >= 0.3 is 5.97 Å². The van der Waals surface area contributed by atoms with Crippen molar-refractivity contribution >= 4 is 17.7 Å². The Morgan fingerprint density at radius 3 is 2.32 bits per heavy atom. The first-order valence-electron chi connectivity index (χ1n) is 21.5. The van der Waals surface area contributed by atoms with Gasteiger partial charge in [-0.25, -0.2) is 0 Å². The molecule has 2 saturated heterocycles. The van der Waals surface area contributed by atoms with Crippen LogP contribution in [0.4, 0.5) is 0 Å². The number of cyclic esters (lactones) is 1. The van der Waals surface area contributed by atoms with Gasteiger partial charge in [-0.3, -0.25) is 14.4 Å². The van der Waals surface area contributed by atoms with E-state index in [0.29, 0.717) is 50.5 Å². The topological polar surface area (TPSA) is 164 Å². The minimum atomic E-state index is -1.13. The number of likely N-dealkylation sites (tertiary alicyclic amines) is 1. The van der Waals surface area contributed by atoms with Crippen molar-refractivity contribution in [3.8, 4) is 0 Å². The third-order valence-electron chi connectivity index (χ3n) is 12.7. The number of hydrogen-bond donors (Lipinski definition) is 4. The Balaban J connectivity index is 2.03. The third-order valence-corrected chi connectivity index (χ3v) is 12.7. The van der Waals surface area contributed by atoms with Gasteiger partial charge in [0.1, 0.15) is 12.2 Å². The number of aliphatic hydroxyl groups excluding tert-OH is 2. The summed E-state index contributed by atoms with van der Waals surface area (Å²) >= 11 is 0. The van der Waals surface area contributed by atoms with Crippen LogP contribution in [0.2, 0.25) is 0 Å². The van der Waals surface area contributed by atoms with E-state index in [4.69, 9.17) is 19.9 Å².